The number of aromatic nitrogens is 1. The fraction of sp³-hybridized carbons (Fsp3) is 0.0476. The molecule has 0 aliphatic rings. The maximum Gasteiger partial charge on any atom is 0.328 e. The second-order valence-electron chi connectivity index (χ2n) is 5.50. The van der Waals surface area contributed by atoms with E-state index < -0.39 is 5.97 Å². The maximum absolute atomic E-state index is 10.5. The van der Waals surface area contributed by atoms with Gasteiger partial charge in [0.1, 0.15) is 11.5 Å². The van der Waals surface area contributed by atoms with Crippen LogP contribution in [0.3, 0.4) is 0 Å². The highest BCUT2D eigenvalue weighted by Crippen LogP contribution is 2.22. The first kappa shape index (κ1) is 16.5. The van der Waals surface area contributed by atoms with E-state index in [1.165, 1.54) is 0 Å². The number of benzene rings is 2. The van der Waals surface area contributed by atoms with Crippen molar-refractivity contribution in [1.82, 2.24) is 4.98 Å². The fourth-order valence-corrected chi connectivity index (χ4v) is 2.33. The number of hydrogen-bond acceptors (Lipinski definition) is 3. The third-order valence-corrected chi connectivity index (χ3v) is 3.64. The molecule has 3 aromatic rings. The normalized spacial score (nSPS) is 11.4. The van der Waals surface area contributed by atoms with Gasteiger partial charge in [0, 0.05) is 11.6 Å². The molecule has 0 saturated heterocycles. The van der Waals surface area contributed by atoms with Crippen LogP contribution in [0.1, 0.15) is 22.6 Å². The maximum atomic E-state index is 10.5. The van der Waals surface area contributed by atoms with Crippen LogP contribution in [-0.4, -0.2) is 16.1 Å². The van der Waals surface area contributed by atoms with Gasteiger partial charge in [0.05, 0.1) is 0 Å². The predicted octanol–water partition coefficient (Wildman–Crippen LogP) is 4.92. The van der Waals surface area contributed by atoms with E-state index in [0.29, 0.717) is 5.89 Å². The number of rotatable bonds is 5. The zero-order valence-corrected chi connectivity index (χ0v) is 13.7. The Kier molecular flexibility index (Phi) is 4.90. The fourth-order valence-electron chi connectivity index (χ4n) is 2.33. The third kappa shape index (κ3) is 4.32. The summed E-state index contributed by atoms with van der Waals surface area (Å²) in [5.41, 5.74) is 3.56. The summed E-state index contributed by atoms with van der Waals surface area (Å²) in [6.45, 7) is 1.89. The number of aliphatic carboxylic acids is 1. The molecular weight excluding hydrogens is 314 g/mol. The lowest BCUT2D eigenvalue weighted by atomic mass is 10.1. The zero-order chi connectivity index (χ0) is 17.6. The molecule has 2 aromatic carbocycles. The van der Waals surface area contributed by atoms with Crippen LogP contribution < -0.4 is 0 Å². The lowest BCUT2D eigenvalue weighted by Crippen LogP contribution is -1.85. The Morgan fingerprint density at radius 3 is 2.24 bits per heavy atom. The second kappa shape index (κ2) is 7.45. The molecule has 3 rings (SSSR count). The second-order valence-corrected chi connectivity index (χ2v) is 5.50. The Bertz CT molecular complexity index is 920. The summed E-state index contributed by atoms with van der Waals surface area (Å²) in [5, 5.41) is 8.64. The zero-order valence-electron chi connectivity index (χ0n) is 13.7. The van der Waals surface area contributed by atoms with Gasteiger partial charge >= 0.3 is 5.97 Å². The number of oxazole rings is 1. The van der Waals surface area contributed by atoms with Crippen molar-refractivity contribution in [3.05, 3.63) is 83.3 Å². The Balaban J connectivity index is 1.76. The highest BCUT2D eigenvalue weighted by molar-refractivity contribution is 5.85. The van der Waals surface area contributed by atoms with Gasteiger partial charge in [0.15, 0.2) is 0 Å². The molecule has 1 N–H and O–H groups in total. The smallest absolute Gasteiger partial charge is 0.328 e. The van der Waals surface area contributed by atoms with E-state index in [0.717, 1.165) is 34.2 Å². The topological polar surface area (TPSA) is 63.3 Å². The Morgan fingerprint density at radius 1 is 0.960 bits per heavy atom. The molecular formula is C21H17NO3. The summed E-state index contributed by atoms with van der Waals surface area (Å²) in [6.07, 6.45) is 6.54. The van der Waals surface area contributed by atoms with E-state index in [9.17, 15) is 4.79 Å². The van der Waals surface area contributed by atoms with Crippen molar-refractivity contribution in [2.24, 2.45) is 0 Å². The van der Waals surface area contributed by atoms with Gasteiger partial charge in [-0.1, -0.05) is 48.5 Å². The summed E-state index contributed by atoms with van der Waals surface area (Å²) < 4.78 is 5.74. The molecule has 0 spiro atoms. The molecule has 124 valence electrons. The van der Waals surface area contributed by atoms with Gasteiger partial charge in [-0.3, -0.25) is 0 Å². The first-order valence-corrected chi connectivity index (χ1v) is 7.84. The molecule has 0 fully saturated rings. The van der Waals surface area contributed by atoms with Gasteiger partial charge in [-0.15, -0.1) is 0 Å². The van der Waals surface area contributed by atoms with Crippen molar-refractivity contribution >= 4 is 24.2 Å². The number of carboxylic acids is 1. The third-order valence-electron chi connectivity index (χ3n) is 3.64. The van der Waals surface area contributed by atoms with Gasteiger partial charge in [-0.2, -0.15) is 0 Å². The summed E-state index contributed by atoms with van der Waals surface area (Å²) in [4.78, 5) is 15.1. The minimum Gasteiger partial charge on any atom is -0.478 e. The van der Waals surface area contributed by atoms with E-state index in [2.05, 4.69) is 4.98 Å². The number of hydrogen-bond donors (Lipinski definition) is 1. The van der Waals surface area contributed by atoms with Crippen LogP contribution in [0.15, 0.2) is 65.1 Å². The largest absolute Gasteiger partial charge is 0.478 e. The van der Waals surface area contributed by atoms with E-state index in [1.807, 2.05) is 73.7 Å². The molecule has 4 nitrogen and oxygen atoms in total. The lowest BCUT2D eigenvalue weighted by Gasteiger charge is -1.95. The van der Waals surface area contributed by atoms with E-state index >= 15 is 0 Å². The minimum atomic E-state index is -0.959. The number of nitrogens with zero attached hydrogens (tertiary/aromatic N) is 1. The van der Waals surface area contributed by atoms with Crippen molar-refractivity contribution in [3.63, 3.8) is 0 Å². The minimum absolute atomic E-state index is 0.604. The van der Waals surface area contributed by atoms with Gasteiger partial charge < -0.3 is 9.52 Å². The van der Waals surface area contributed by atoms with E-state index in [1.54, 1.807) is 6.08 Å². The molecule has 0 amide bonds. The van der Waals surface area contributed by atoms with Crippen LogP contribution in [-0.2, 0) is 4.79 Å². The number of carbonyl (C=O) groups is 1. The monoisotopic (exact) mass is 331 g/mol. The Morgan fingerprint density at radius 2 is 1.60 bits per heavy atom. The average molecular weight is 331 g/mol. The lowest BCUT2D eigenvalue weighted by molar-refractivity contribution is -0.131. The van der Waals surface area contributed by atoms with Gasteiger partial charge in [-0.05, 0) is 42.3 Å². The quantitative estimate of drug-likeness (QED) is 0.674. The molecule has 0 saturated carbocycles. The van der Waals surface area contributed by atoms with Crippen LogP contribution >= 0.6 is 0 Å². The van der Waals surface area contributed by atoms with Crippen LogP contribution in [0, 0.1) is 6.92 Å². The van der Waals surface area contributed by atoms with Crippen LogP contribution in [0.2, 0.25) is 0 Å². The summed E-state index contributed by atoms with van der Waals surface area (Å²) in [5.74, 6) is 0.405. The van der Waals surface area contributed by atoms with Crippen LogP contribution in [0.4, 0.5) is 0 Å². The molecule has 0 aliphatic carbocycles. The summed E-state index contributed by atoms with van der Waals surface area (Å²) in [7, 11) is 0. The van der Waals surface area contributed by atoms with Crippen molar-refractivity contribution < 1.29 is 14.3 Å². The standard InChI is InChI=1S/C21H17NO3/c1-15-19(22-21(25-15)18-5-3-2-4-6-18)13-11-16-7-9-17(10-8-16)12-14-20(23)24/h2-14H,1H3,(H,23,24)/b13-11?,14-12+. The van der Waals surface area contributed by atoms with Crippen molar-refractivity contribution in [3.8, 4) is 11.5 Å². The highest BCUT2D eigenvalue weighted by atomic mass is 16.4. The van der Waals surface area contributed by atoms with Crippen LogP contribution in [0.5, 0.6) is 0 Å². The number of carboxylic acid groups (broad SMARTS) is 1. The van der Waals surface area contributed by atoms with Crippen molar-refractivity contribution in [2.45, 2.75) is 6.92 Å². The van der Waals surface area contributed by atoms with E-state index in [4.69, 9.17) is 9.52 Å². The van der Waals surface area contributed by atoms with E-state index in [-0.39, 0.29) is 0 Å². The molecule has 0 bridgehead atoms. The molecule has 0 atom stereocenters. The highest BCUT2D eigenvalue weighted by Gasteiger charge is 2.08. The molecule has 1 heterocycles. The molecule has 1 aromatic heterocycles. The summed E-state index contributed by atoms with van der Waals surface area (Å²) >= 11 is 0. The van der Waals surface area contributed by atoms with Gasteiger partial charge in [0.2, 0.25) is 5.89 Å². The molecule has 0 aliphatic heterocycles. The first-order chi connectivity index (χ1) is 12.1. The number of aryl methyl sites for hydroxylation is 1. The van der Waals surface area contributed by atoms with Gasteiger partial charge in [-0.25, -0.2) is 9.78 Å². The predicted molar refractivity (Wildman–Crippen MR) is 98.7 cm³/mol. The molecule has 25 heavy (non-hydrogen) atoms. The Hall–Kier alpha value is -3.40. The molecule has 4 heteroatoms. The Labute approximate surface area is 145 Å². The summed E-state index contributed by atoms with van der Waals surface area (Å²) in [6, 6.07) is 17.3. The SMILES string of the molecule is Cc1oc(-c2ccccc2)nc1C=Cc1ccc(/C=C/C(=O)O)cc1. The first-order valence-electron chi connectivity index (χ1n) is 7.84. The van der Waals surface area contributed by atoms with Crippen molar-refractivity contribution in [1.29, 1.82) is 0 Å². The average Bonchev–Trinajstić information content (AvgIpc) is 3.00. The molecule has 0 radical (unpaired) electrons. The van der Waals surface area contributed by atoms with Crippen LogP contribution in [0.25, 0.3) is 29.7 Å². The van der Waals surface area contributed by atoms with Gasteiger partial charge in [0.25, 0.3) is 0 Å². The molecule has 0 unspecified atom stereocenters. The van der Waals surface area contributed by atoms with Crippen molar-refractivity contribution in [2.75, 3.05) is 0 Å².